The number of amides is 1. The van der Waals surface area contributed by atoms with E-state index in [-0.39, 0.29) is 16.9 Å². The van der Waals surface area contributed by atoms with Gasteiger partial charge in [0.15, 0.2) is 0 Å². The molecular weight excluding hydrogens is 312 g/mol. The molecule has 0 spiro atoms. The zero-order chi connectivity index (χ0) is 17.1. The van der Waals surface area contributed by atoms with Gasteiger partial charge in [0.1, 0.15) is 22.6 Å². The fourth-order valence-corrected chi connectivity index (χ4v) is 2.22. The molecule has 0 saturated carbocycles. The molecule has 7 heteroatoms. The predicted octanol–water partition coefficient (Wildman–Crippen LogP) is 2.69. The molecule has 0 aliphatic heterocycles. The summed E-state index contributed by atoms with van der Waals surface area (Å²) in [6, 6.07) is 12.7. The van der Waals surface area contributed by atoms with Gasteiger partial charge in [-0.15, -0.1) is 0 Å². The molecule has 0 unspecified atom stereocenters. The molecule has 0 bridgehead atoms. The topological polar surface area (TPSA) is 104 Å². The summed E-state index contributed by atoms with van der Waals surface area (Å²) in [6.45, 7) is 0. The number of phenolic OH excluding ortho intramolecular Hbond substituents is 1. The average Bonchev–Trinajstić information content (AvgIpc) is 2.61. The minimum Gasteiger partial charge on any atom is -0.508 e. The normalized spacial score (nSPS) is 11.5. The van der Waals surface area contributed by atoms with E-state index in [4.69, 9.17) is 14.4 Å². The number of methoxy groups -OCH3 is 1. The summed E-state index contributed by atoms with van der Waals surface area (Å²) in [7, 11) is 1.55. The van der Waals surface area contributed by atoms with Gasteiger partial charge < -0.3 is 24.8 Å². The molecule has 0 atom stereocenters. The number of fused-ring (bicyclic) bond motifs is 1. The number of nitrogens with zero attached hydrogens (tertiary/aromatic N) is 1. The van der Waals surface area contributed by atoms with Crippen LogP contribution in [-0.2, 0) is 0 Å². The van der Waals surface area contributed by atoms with Gasteiger partial charge in [0.05, 0.1) is 7.11 Å². The summed E-state index contributed by atoms with van der Waals surface area (Å²) in [5, 5.41) is 24.8. The Morgan fingerprint density at radius 3 is 2.58 bits per heavy atom. The van der Waals surface area contributed by atoms with Gasteiger partial charge in [0, 0.05) is 17.1 Å². The third-order valence-corrected chi connectivity index (χ3v) is 3.42. The van der Waals surface area contributed by atoms with Crippen molar-refractivity contribution in [1.29, 1.82) is 0 Å². The lowest BCUT2D eigenvalue weighted by Gasteiger charge is -2.07. The second kappa shape index (κ2) is 6.33. The van der Waals surface area contributed by atoms with Crippen LogP contribution < -0.4 is 15.6 Å². The van der Waals surface area contributed by atoms with Crippen molar-refractivity contribution in [3.8, 4) is 11.5 Å². The van der Waals surface area contributed by atoms with E-state index < -0.39 is 5.91 Å². The summed E-state index contributed by atoms with van der Waals surface area (Å²) >= 11 is 0. The van der Waals surface area contributed by atoms with Crippen molar-refractivity contribution in [3.63, 3.8) is 0 Å². The van der Waals surface area contributed by atoms with Crippen LogP contribution in [0, 0.1) is 0 Å². The van der Waals surface area contributed by atoms with Crippen molar-refractivity contribution in [1.82, 2.24) is 0 Å². The van der Waals surface area contributed by atoms with E-state index in [9.17, 15) is 9.90 Å². The molecule has 0 radical (unpaired) electrons. The van der Waals surface area contributed by atoms with E-state index in [0.29, 0.717) is 22.4 Å². The van der Waals surface area contributed by atoms with Crippen LogP contribution in [0.15, 0.2) is 58.1 Å². The zero-order valence-corrected chi connectivity index (χ0v) is 12.7. The Hall–Kier alpha value is -3.48. The highest BCUT2D eigenvalue weighted by atomic mass is 16.5. The molecule has 1 aromatic heterocycles. The number of benzene rings is 2. The Labute approximate surface area is 136 Å². The van der Waals surface area contributed by atoms with Crippen LogP contribution in [0.2, 0.25) is 0 Å². The number of hydrogen-bond acceptors (Lipinski definition) is 6. The van der Waals surface area contributed by atoms with Crippen molar-refractivity contribution >= 4 is 22.6 Å². The molecular formula is C17H14N2O5. The SMILES string of the molecule is COc1ccc(NC(=O)c2cc3ccc(O)cc3o/c2=N/O)cc1. The fraction of sp³-hybridized carbons (Fsp3) is 0.0588. The number of anilines is 1. The Kier molecular flexibility index (Phi) is 4.07. The summed E-state index contributed by atoms with van der Waals surface area (Å²) in [6.07, 6.45) is 0. The summed E-state index contributed by atoms with van der Waals surface area (Å²) < 4.78 is 10.4. The monoisotopic (exact) mass is 326 g/mol. The van der Waals surface area contributed by atoms with Crippen LogP contribution in [0.5, 0.6) is 11.5 Å². The van der Waals surface area contributed by atoms with E-state index in [2.05, 4.69) is 10.5 Å². The van der Waals surface area contributed by atoms with Crippen LogP contribution in [0.4, 0.5) is 5.69 Å². The van der Waals surface area contributed by atoms with Gasteiger partial charge >= 0.3 is 0 Å². The van der Waals surface area contributed by atoms with Gasteiger partial charge in [0.25, 0.3) is 11.5 Å². The molecule has 1 heterocycles. The number of phenols is 1. The van der Waals surface area contributed by atoms with Crippen molar-refractivity contribution in [2.75, 3.05) is 12.4 Å². The predicted molar refractivity (Wildman–Crippen MR) is 86.2 cm³/mol. The maximum atomic E-state index is 12.4. The maximum Gasteiger partial charge on any atom is 0.268 e. The van der Waals surface area contributed by atoms with Gasteiger partial charge in [-0.25, -0.2) is 0 Å². The van der Waals surface area contributed by atoms with Crippen molar-refractivity contribution in [2.24, 2.45) is 5.16 Å². The molecule has 1 amide bonds. The number of hydrogen-bond donors (Lipinski definition) is 3. The molecule has 122 valence electrons. The Bertz CT molecular complexity index is 961. The number of carbonyl (C=O) groups excluding carboxylic acids is 1. The Morgan fingerprint density at radius 2 is 1.92 bits per heavy atom. The minimum atomic E-state index is -0.494. The summed E-state index contributed by atoms with van der Waals surface area (Å²) in [5.41, 5.74) is 0.657. The first-order valence-corrected chi connectivity index (χ1v) is 7.01. The van der Waals surface area contributed by atoms with Crippen LogP contribution >= 0.6 is 0 Å². The molecule has 3 N–H and O–H groups in total. The lowest BCUT2D eigenvalue weighted by Crippen LogP contribution is -2.21. The molecule has 24 heavy (non-hydrogen) atoms. The smallest absolute Gasteiger partial charge is 0.268 e. The third kappa shape index (κ3) is 3.00. The molecule has 0 fully saturated rings. The highest BCUT2D eigenvalue weighted by molar-refractivity contribution is 6.05. The lowest BCUT2D eigenvalue weighted by molar-refractivity contribution is 0.102. The van der Waals surface area contributed by atoms with Gasteiger partial charge in [-0.1, -0.05) is 0 Å². The fourth-order valence-electron chi connectivity index (χ4n) is 2.22. The largest absolute Gasteiger partial charge is 0.508 e. The molecule has 0 aliphatic rings. The number of nitrogens with one attached hydrogen (secondary N) is 1. The second-order valence-corrected chi connectivity index (χ2v) is 4.97. The highest BCUT2D eigenvalue weighted by Gasteiger charge is 2.13. The molecule has 3 rings (SSSR count). The zero-order valence-electron chi connectivity index (χ0n) is 12.7. The first-order chi connectivity index (χ1) is 11.6. The van der Waals surface area contributed by atoms with Crippen LogP contribution in [-0.4, -0.2) is 23.3 Å². The van der Waals surface area contributed by atoms with Gasteiger partial charge in [0.2, 0.25) is 0 Å². The number of carbonyl (C=O) groups is 1. The van der Waals surface area contributed by atoms with Gasteiger partial charge in [-0.2, -0.15) is 0 Å². The van der Waals surface area contributed by atoms with E-state index in [0.717, 1.165) is 0 Å². The van der Waals surface area contributed by atoms with Crippen LogP contribution in [0.25, 0.3) is 11.0 Å². The third-order valence-electron chi connectivity index (χ3n) is 3.42. The number of aromatic hydroxyl groups is 1. The van der Waals surface area contributed by atoms with Crippen molar-refractivity contribution < 1.29 is 24.3 Å². The first kappa shape index (κ1) is 15.4. The Morgan fingerprint density at radius 1 is 1.17 bits per heavy atom. The highest BCUT2D eigenvalue weighted by Crippen LogP contribution is 2.20. The minimum absolute atomic E-state index is 0.00516. The molecule has 3 aromatic rings. The summed E-state index contributed by atoms with van der Waals surface area (Å²) in [5.74, 6) is 0.178. The van der Waals surface area contributed by atoms with Gasteiger partial charge in [-0.3, -0.25) is 4.79 Å². The summed E-state index contributed by atoms with van der Waals surface area (Å²) in [4.78, 5) is 12.4. The quantitative estimate of drug-likeness (QED) is 0.507. The van der Waals surface area contributed by atoms with Gasteiger partial charge in [-0.05, 0) is 47.6 Å². The Balaban J connectivity index is 1.97. The molecule has 7 nitrogen and oxygen atoms in total. The average molecular weight is 326 g/mol. The molecule has 0 saturated heterocycles. The number of ether oxygens (including phenoxy) is 1. The second-order valence-electron chi connectivity index (χ2n) is 4.97. The van der Waals surface area contributed by atoms with Crippen molar-refractivity contribution in [3.05, 3.63) is 59.6 Å². The van der Waals surface area contributed by atoms with E-state index in [1.165, 1.54) is 18.2 Å². The molecule has 0 aliphatic carbocycles. The molecule has 2 aromatic carbocycles. The standard InChI is InChI=1S/C17H14N2O5/c1-23-13-6-3-11(4-7-13)18-16(21)14-8-10-2-5-12(20)9-15(10)24-17(14)19-22/h2-9,20,22H,1H3,(H,18,21)/b19-17+. The number of rotatable bonds is 3. The van der Waals surface area contributed by atoms with E-state index in [1.54, 1.807) is 37.4 Å². The first-order valence-electron chi connectivity index (χ1n) is 7.01. The van der Waals surface area contributed by atoms with E-state index in [1.807, 2.05) is 0 Å². The lowest BCUT2D eigenvalue weighted by atomic mass is 10.1. The van der Waals surface area contributed by atoms with Crippen LogP contribution in [0.3, 0.4) is 0 Å². The van der Waals surface area contributed by atoms with Crippen molar-refractivity contribution in [2.45, 2.75) is 0 Å². The van der Waals surface area contributed by atoms with Crippen LogP contribution in [0.1, 0.15) is 10.4 Å². The van der Waals surface area contributed by atoms with E-state index >= 15 is 0 Å². The maximum absolute atomic E-state index is 12.4.